The second kappa shape index (κ2) is 5.04. The lowest BCUT2D eigenvalue weighted by atomic mass is 10.2. The van der Waals surface area contributed by atoms with E-state index in [9.17, 15) is 4.79 Å². The Bertz CT molecular complexity index is 248. The minimum Gasteiger partial charge on any atom is -0.444 e. The second-order valence-electron chi connectivity index (χ2n) is 5.68. The summed E-state index contributed by atoms with van der Waals surface area (Å²) < 4.78 is 5.38. The van der Waals surface area contributed by atoms with Crippen molar-refractivity contribution in [1.29, 1.82) is 0 Å². The van der Waals surface area contributed by atoms with Crippen LogP contribution in [0.15, 0.2) is 0 Å². The molecule has 0 aromatic heterocycles. The van der Waals surface area contributed by atoms with Crippen LogP contribution in [0.2, 0.25) is 0 Å². The van der Waals surface area contributed by atoms with Crippen LogP contribution in [0, 0.1) is 0 Å². The first-order valence-electron chi connectivity index (χ1n) is 6.02. The minimum atomic E-state index is -0.411. The van der Waals surface area contributed by atoms with Gasteiger partial charge in [0.25, 0.3) is 0 Å². The topological polar surface area (TPSA) is 41.6 Å². The lowest BCUT2D eigenvalue weighted by Crippen LogP contribution is -2.42. The zero-order chi connectivity index (χ0) is 12.3. The molecule has 1 aliphatic rings. The number of hydrogen-bond acceptors (Lipinski definition) is 3. The highest BCUT2D eigenvalue weighted by molar-refractivity contribution is 5.68. The molecule has 16 heavy (non-hydrogen) atoms. The summed E-state index contributed by atoms with van der Waals surface area (Å²) in [7, 11) is 0. The number of carbonyl (C=O) groups is 1. The first-order valence-corrected chi connectivity index (χ1v) is 6.02. The van der Waals surface area contributed by atoms with E-state index in [4.69, 9.17) is 4.74 Å². The van der Waals surface area contributed by atoms with Crippen LogP contribution >= 0.6 is 0 Å². The van der Waals surface area contributed by atoms with Crippen LogP contribution < -0.4 is 5.32 Å². The van der Waals surface area contributed by atoms with Gasteiger partial charge in [-0.2, -0.15) is 0 Å². The van der Waals surface area contributed by atoms with Gasteiger partial charge in [0.2, 0.25) is 0 Å². The fourth-order valence-corrected chi connectivity index (χ4v) is 1.89. The summed E-state index contributed by atoms with van der Waals surface area (Å²) in [6.07, 6.45) is 0.777. The van der Waals surface area contributed by atoms with Gasteiger partial charge in [0, 0.05) is 25.2 Å². The van der Waals surface area contributed by atoms with Crippen molar-refractivity contribution in [2.75, 3.05) is 13.1 Å². The quantitative estimate of drug-likeness (QED) is 0.689. The second-order valence-corrected chi connectivity index (χ2v) is 5.68. The Morgan fingerprint density at radius 1 is 1.31 bits per heavy atom. The van der Waals surface area contributed by atoms with E-state index >= 15 is 0 Å². The maximum atomic E-state index is 11.9. The number of hydrogen-bond donors (Lipinski definition) is 1. The third-order valence-corrected chi connectivity index (χ3v) is 2.55. The van der Waals surface area contributed by atoms with Gasteiger partial charge in [0.1, 0.15) is 5.60 Å². The Morgan fingerprint density at radius 3 is 2.50 bits per heavy atom. The van der Waals surface area contributed by atoms with Gasteiger partial charge >= 0.3 is 6.09 Å². The molecular weight excluding hydrogens is 204 g/mol. The normalized spacial score (nSPS) is 27.4. The molecule has 1 fully saturated rings. The van der Waals surface area contributed by atoms with Crippen molar-refractivity contribution in [3.8, 4) is 0 Å². The van der Waals surface area contributed by atoms with E-state index in [1.807, 2.05) is 20.8 Å². The summed E-state index contributed by atoms with van der Waals surface area (Å²) in [4.78, 5) is 13.7. The molecule has 0 saturated carbocycles. The number of amides is 1. The van der Waals surface area contributed by atoms with Crippen LogP contribution in [-0.4, -0.2) is 41.8 Å². The largest absolute Gasteiger partial charge is 0.444 e. The summed E-state index contributed by atoms with van der Waals surface area (Å²) in [5.74, 6) is 0. The monoisotopic (exact) mass is 228 g/mol. The van der Waals surface area contributed by atoms with Crippen molar-refractivity contribution in [2.24, 2.45) is 0 Å². The Balaban J connectivity index is 2.55. The van der Waals surface area contributed by atoms with Crippen LogP contribution in [0.4, 0.5) is 4.79 Å². The van der Waals surface area contributed by atoms with Crippen LogP contribution in [0.25, 0.3) is 0 Å². The summed E-state index contributed by atoms with van der Waals surface area (Å²) in [6.45, 7) is 11.4. The number of rotatable bonds is 0. The van der Waals surface area contributed by atoms with Crippen LogP contribution in [-0.2, 0) is 4.74 Å². The van der Waals surface area contributed by atoms with E-state index in [-0.39, 0.29) is 6.09 Å². The van der Waals surface area contributed by atoms with Crippen molar-refractivity contribution in [3.05, 3.63) is 0 Å². The molecule has 1 saturated heterocycles. The highest BCUT2D eigenvalue weighted by atomic mass is 16.6. The molecule has 0 radical (unpaired) electrons. The lowest BCUT2D eigenvalue weighted by molar-refractivity contribution is 0.0249. The van der Waals surface area contributed by atoms with Crippen molar-refractivity contribution in [1.82, 2.24) is 10.2 Å². The summed E-state index contributed by atoms with van der Waals surface area (Å²) in [6, 6.07) is 0.785. The maximum absolute atomic E-state index is 11.9. The zero-order valence-electron chi connectivity index (χ0n) is 11.0. The van der Waals surface area contributed by atoms with Gasteiger partial charge in [-0.25, -0.2) is 4.79 Å². The molecule has 1 rings (SSSR count). The molecule has 4 nitrogen and oxygen atoms in total. The van der Waals surface area contributed by atoms with Crippen molar-refractivity contribution in [2.45, 2.75) is 58.7 Å². The molecule has 0 spiro atoms. The zero-order valence-corrected chi connectivity index (χ0v) is 11.0. The van der Waals surface area contributed by atoms with Crippen molar-refractivity contribution in [3.63, 3.8) is 0 Å². The minimum absolute atomic E-state index is 0.199. The van der Waals surface area contributed by atoms with Gasteiger partial charge in [-0.15, -0.1) is 0 Å². The number of nitrogens with one attached hydrogen (secondary N) is 1. The molecule has 1 heterocycles. The van der Waals surface area contributed by atoms with Gasteiger partial charge in [-0.05, 0) is 41.0 Å². The molecule has 1 N–H and O–H groups in total. The highest BCUT2D eigenvalue weighted by Crippen LogP contribution is 2.12. The molecule has 1 aliphatic heterocycles. The average molecular weight is 228 g/mol. The van der Waals surface area contributed by atoms with Crippen molar-refractivity contribution >= 4 is 6.09 Å². The van der Waals surface area contributed by atoms with Crippen LogP contribution in [0.1, 0.15) is 41.0 Å². The summed E-state index contributed by atoms with van der Waals surface area (Å²) in [5, 5.41) is 3.44. The molecule has 1 amide bonds. The SMILES string of the molecule is C[C@@H]1CCN(C(=O)OC(C)(C)C)C[C@@H](C)N1. The highest BCUT2D eigenvalue weighted by Gasteiger charge is 2.26. The number of nitrogens with zero attached hydrogens (tertiary/aromatic N) is 1. The van der Waals surface area contributed by atoms with Crippen molar-refractivity contribution < 1.29 is 9.53 Å². The predicted octanol–water partition coefficient (Wildman–Crippen LogP) is 1.99. The predicted molar refractivity (Wildman–Crippen MR) is 64.5 cm³/mol. The van der Waals surface area contributed by atoms with E-state index in [0.29, 0.717) is 12.1 Å². The molecule has 4 heteroatoms. The Hall–Kier alpha value is -0.770. The third kappa shape index (κ3) is 4.39. The molecule has 0 aromatic carbocycles. The molecule has 0 unspecified atom stereocenters. The molecular formula is C12H24N2O2. The Labute approximate surface area is 98.3 Å². The molecule has 0 bridgehead atoms. The van der Waals surface area contributed by atoms with Gasteiger partial charge in [0.15, 0.2) is 0 Å². The van der Waals surface area contributed by atoms with E-state index in [1.165, 1.54) is 0 Å². The van der Waals surface area contributed by atoms with Gasteiger partial charge in [0.05, 0.1) is 0 Å². The summed E-state index contributed by atoms with van der Waals surface area (Å²) in [5.41, 5.74) is -0.411. The van der Waals surface area contributed by atoms with E-state index in [2.05, 4.69) is 19.2 Å². The number of carbonyl (C=O) groups excluding carboxylic acids is 1. The van der Waals surface area contributed by atoms with Gasteiger partial charge in [-0.3, -0.25) is 0 Å². The van der Waals surface area contributed by atoms with Crippen LogP contribution in [0.5, 0.6) is 0 Å². The molecule has 0 aliphatic carbocycles. The van der Waals surface area contributed by atoms with E-state index in [1.54, 1.807) is 4.90 Å². The van der Waals surface area contributed by atoms with Gasteiger partial charge in [-0.1, -0.05) is 0 Å². The third-order valence-electron chi connectivity index (χ3n) is 2.55. The Kier molecular flexibility index (Phi) is 4.19. The fourth-order valence-electron chi connectivity index (χ4n) is 1.89. The first kappa shape index (κ1) is 13.3. The number of ether oxygens (including phenoxy) is 1. The van der Waals surface area contributed by atoms with E-state index < -0.39 is 5.60 Å². The molecule has 2 atom stereocenters. The Morgan fingerprint density at radius 2 is 1.94 bits per heavy atom. The fraction of sp³-hybridized carbons (Fsp3) is 0.917. The van der Waals surface area contributed by atoms with Crippen LogP contribution in [0.3, 0.4) is 0 Å². The summed E-state index contributed by atoms with van der Waals surface area (Å²) >= 11 is 0. The molecule has 0 aromatic rings. The lowest BCUT2D eigenvalue weighted by Gasteiger charge is -2.27. The van der Waals surface area contributed by atoms with Gasteiger partial charge < -0.3 is 15.0 Å². The first-order chi connectivity index (χ1) is 7.28. The average Bonchev–Trinajstić information content (AvgIpc) is 2.23. The smallest absolute Gasteiger partial charge is 0.410 e. The molecule has 94 valence electrons. The van der Waals surface area contributed by atoms with E-state index in [0.717, 1.165) is 19.5 Å². The maximum Gasteiger partial charge on any atom is 0.410 e. The standard InChI is InChI=1S/C12H24N2O2/c1-9-6-7-14(8-10(2)13-9)11(15)16-12(3,4)5/h9-10,13H,6-8H2,1-5H3/t9-,10-/m1/s1.